The molecule has 3 rings (SSSR count). The predicted octanol–water partition coefficient (Wildman–Crippen LogP) is 3.86. The molecular formula is C21H23N5O2. The van der Waals surface area contributed by atoms with E-state index in [-0.39, 0.29) is 11.6 Å². The van der Waals surface area contributed by atoms with E-state index < -0.39 is 0 Å². The molecule has 28 heavy (non-hydrogen) atoms. The third-order valence-corrected chi connectivity index (χ3v) is 4.08. The highest BCUT2D eigenvalue weighted by Gasteiger charge is 2.13. The van der Waals surface area contributed by atoms with E-state index in [1.165, 1.54) is 0 Å². The highest BCUT2D eigenvalue weighted by atomic mass is 16.5. The number of benzene rings is 2. The first-order valence-electron chi connectivity index (χ1n) is 8.81. The Bertz CT molecular complexity index is 971. The number of nitrogens with one attached hydrogen (secondary N) is 2. The molecule has 3 aromatic rings. The van der Waals surface area contributed by atoms with Gasteiger partial charge in [0.2, 0.25) is 0 Å². The van der Waals surface area contributed by atoms with Crippen molar-refractivity contribution in [2.75, 3.05) is 36.7 Å². The molecule has 0 spiro atoms. The molecule has 0 aliphatic carbocycles. The van der Waals surface area contributed by atoms with Gasteiger partial charge in [0.05, 0.1) is 12.8 Å². The molecule has 7 heteroatoms. The molecule has 0 saturated carbocycles. The van der Waals surface area contributed by atoms with E-state index in [1.807, 2.05) is 55.4 Å². The maximum Gasteiger partial charge on any atom is 0.274 e. The Morgan fingerprint density at radius 1 is 1.04 bits per heavy atom. The van der Waals surface area contributed by atoms with Gasteiger partial charge in [0.15, 0.2) is 0 Å². The van der Waals surface area contributed by atoms with E-state index in [9.17, 15) is 4.79 Å². The van der Waals surface area contributed by atoms with Gasteiger partial charge in [0, 0.05) is 31.5 Å². The Balaban J connectivity index is 1.79. The van der Waals surface area contributed by atoms with Crippen LogP contribution in [0.25, 0.3) is 0 Å². The quantitative estimate of drug-likeness (QED) is 0.679. The topological polar surface area (TPSA) is 79.4 Å². The number of aromatic nitrogens is 2. The highest BCUT2D eigenvalue weighted by molar-refractivity contribution is 6.04. The second kappa shape index (κ2) is 8.39. The minimum absolute atomic E-state index is 0.269. The SMILES string of the molecule is COc1ccccc1NC(=O)c1cc(Nc2ccc(N(C)C)cc2)nc(C)n1. The summed E-state index contributed by atoms with van der Waals surface area (Å²) in [6.07, 6.45) is 0. The minimum Gasteiger partial charge on any atom is -0.495 e. The Morgan fingerprint density at radius 2 is 1.75 bits per heavy atom. The van der Waals surface area contributed by atoms with Crippen molar-refractivity contribution >= 4 is 28.8 Å². The van der Waals surface area contributed by atoms with E-state index in [0.717, 1.165) is 11.4 Å². The second-order valence-electron chi connectivity index (χ2n) is 6.41. The summed E-state index contributed by atoms with van der Waals surface area (Å²) in [5, 5.41) is 6.05. The zero-order valence-corrected chi connectivity index (χ0v) is 16.4. The summed E-state index contributed by atoms with van der Waals surface area (Å²) < 4.78 is 5.27. The van der Waals surface area contributed by atoms with Crippen LogP contribution in [0.5, 0.6) is 5.75 Å². The number of aryl methyl sites for hydroxylation is 1. The van der Waals surface area contributed by atoms with Gasteiger partial charge in [-0.2, -0.15) is 0 Å². The minimum atomic E-state index is -0.332. The number of carbonyl (C=O) groups is 1. The zero-order valence-electron chi connectivity index (χ0n) is 16.4. The third kappa shape index (κ3) is 4.56. The van der Waals surface area contributed by atoms with Crippen molar-refractivity contribution < 1.29 is 9.53 Å². The summed E-state index contributed by atoms with van der Waals surface area (Å²) in [5.41, 5.74) is 2.83. The molecule has 2 N–H and O–H groups in total. The van der Waals surface area contributed by atoms with Gasteiger partial charge in [0.1, 0.15) is 23.1 Å². The molecule has 1 aromatic heterocycles. The Kier molecular flexibility index (Phi) is 5.74. The molecule has 2 aromatic carbocycles. The van der Waals surface area contributed by atoms with Gasteiger partial charge in [-0.1, -0.05) is 12.1 Å². The lowest BCUT2D eigenvalue weighted by Crippen LogP contribution is -2.16. The molecule has 0 bridgehead atoms. The second-order valence-corrected chi connectivity index (χ2v) is 6.41. The molecule has 0 unspecified atom stereocenters. The van der Waals surface area contributed by atoms with Crippen LogP contribution in [0.1, 0.15) is 16.3 Å². The average molecular weight is 377 g/mol. The Morgan fingerprint density at radius 3 is 2.43 bits per heavy atom. The van der Waals surface area contributed by atoms with Gasteiger partial charge in [0.25, 0.3) is 5.91 Å². The largest absolute Gasteiger partial charge is 0.495 e. The number of hydrogen-bond acceptors (Lipinski definition) is 6. The molecule has 0 saturated heterocycles. The van der Waals surface area contributed by atoms with Crippen LogP contribution in [-0.4, -0.2) is 37.1 Å². The molecule has 7 nitrogen and oxygen atoms in total. The fourth-order valence-corrected chi connectivity index (χ4v) is 2.67. The number of carbonyl (C=O) groups excluding carboxylic acids is 1. The highest BCUT2D eigenvalue weighted by Crippen LogP contribution is 2.24. The first-order valence-corrected chi connectivity index (χ1v) is 8.81. The van der Waals surface area contributed by atoms with Crippen molar-refractivity contribution in [1.29, 1.82) is 0 Å². The normalized spacial score (nSPS) is 10.3. The van der Waals surface area contributed by atoms with E-state index in [1.54, 1.807) is 32.2 Å². The number of ether oxygens (including phenoxy) is 1. The summed E-state index contributed by atoms with van der Waals surface area (Å²) in [6, 6.07) is 16.8. The number of hydrogen-bond donors (Lipinski definition) is 2. The number of amides is 1. The van der Waals surface area contributed by atoms with Crippen LogP contribution < -0.4 is 20.3 Å². The number of para-hydroxylation sites is 2. The van der Waals surface area contributed by atoms with Gasteiger partial charge in [-0.15, -0.1) is 0 Å². The fraction of sp³-hybridized carbons (Fsp3) is 0.190. The van der Waals surface area contributed by atoms with E-state index >= 15 is 0 Å². The molecule has 1 amide bonds. The maximum atomic E-state index is 12.7. The lowest BCUT2D eigenvalue weighted by molar-refractivity contribution is 0.102. The van der Waals surface area contributed by atoms with Gasteiger partial charge in [-0.25, -0.2) is 9.97 Å². The molecule has 0 atom stereocenters. The van der Waals surface area contributed by atoms with Gasteiger partial charge in [-0.05, 0) is 43.3 Å². The van der Waals surface area contributed by atoms with Gasteiger partial charge in [-0.3, -0.25) is 4.79 Å². The Labute approximate surface area is 164 Å². The van der Waals surface area contributed by atoms with Crippen LogP contribution in [0.4, 0.5) is 22.9 Å². The average Bonchev–Trinajstić information content (AvgIpc) is 2.68. The summed E-state index contributed by atoms with van der Waals surface area (Å²) >= 11 is 0. The van der Waals surface area contributed by atoms with Crippen molar-refractivity contribution in [3.8, 4) is 5.75 Å². The summed E-state index contributed by atoms with van der Waals surface area (Å²) in [5.74, 6) is 1.30. The van der Waals surface area contributed by atoms with E-state index in [4.69, 9.17) is 4.74 Å². The first-order chi connectivity index (χ1) is 13.5. The van der Waals surface area contributed by atoms with Crippen LogP contribution in [0, 0.1) is 6.92 Å². The molecule has 144 valence electrons. The lowest BCUT2D eigenvalue weighted by atomic mass is 10.2. The van der Waals surface area contributed by atoms with Crippen molar-refractivity contribution in [3.63, 3.8) is 0 Å². The summed E-state index contributed by atoms with van der Waals surface area (Å²) in [7, 11) is 5.54. The molecule has 0 radical (unpaired) electrons. The monoisotopic (exact) mass is 377 g/mol. The molecule has 0 fully saturated rings. The predicted molar refractivity (Wildman–Crippen MR) is 112 cm³/mol. The molecule has 0 aliphatic heterocycles. The van der Waals surface area contributed by atoms with Crippen LogP contribution in [0.2, 0.25) is 0 Å². The number of nitrogens with zero attached hydrogens (tertiary/aromatic N) is 3. The number of rotatable bonds is 6. The van der Waals surface area contributed by atoms with Crippen LogP contribution in [0.3, 0.4) is 0 Å². The Hall–Kier alpha value is -3.61. The van der Waals surface area contributed by atoms with Crippen molar-refractivity contribution in [1.82, 2.24) is 9.97 Å². The fourth-order valence-electron chi connectivity index (χ4n) is 2.67. The van der Waals surface area contributed by atoms with Crippen LogP contribution in [0.15, 0.2) is 54.6 Å². The lowest BCUT2D eigenvalue weighted by Gasteiger charge is -2.14. The standard InChI is InChI=1S/C21H23N5O2/c1-14-22-18(21(27)25-17-7-5-6-8-19(17)28-4)13-20(23-14)24-15-9-11-16(12-10-15)26(2)3/h5-13H,1-4H3,(H,25,27)(H,22,23,24). The maximum absolute atomic E-state index is 12.7. The summed E-state index contributed by atoms with van der Waals surface area (Å²) in [4.78, 5) is 23.3. The van der Waals surface area contributed by atoms with Crippen molar-refractivity contribution in [3.05, 3.63) is 66.1 Å². The zero-order chi connectivity index (χ0) is 20.1. The van der Waals surface area contributed by atoms with Crippen molar-refractivity contribution in [2.24, 2.45) is 0 Å². The summed E-state index contributed by atoms with van der Waals surface area (Å²) in [6.45, 7) is 1.75. The van der Waals surface area contributed by atoms with E-state index in [0.29, 0.717) is 23.1 Å². The third-order valence-electron chi connectivity index (χ3n) is 4.08. The van der Waals surface area contributed by atoms with Gasteiger partial charge >= 0.3 is 0 Å². The van der Waals surface area contributed by atoms with Crippen molar-refractivity contribution in [2.45, 2.75) is 6.92 Å². The van der Waals surface area contributed by atoms with E-state index in [2.05, 4.69) is 20.6 Å². The van der Waals surface area contributed by atoms with Crippen LogP contribution >= 0.6 is 0 Å². The molecule has 1 heterocycles. The first kappa shape index (κ1) is 19.2. The molecular weight excluding hydrogens is 354 g/mol. The van der Waals surface area contributed by atoms with Crippen LogP contribution in [-0.2, 0) is 0 Å². The van der Waals surface area contributed by atoms with Gasteiger partial charge < -0.3 is 20.3 Å². The molecule has 0 aliphatic rings. The number of methoxy groups -OCH3 is 1. The number of anilines is 4. The smallest absolute Gasteiger partial charge is 0.274 e.